The Morgan fingerprint density at radius 2 is 1.89 bits per heavy atom. The Hall–Kier alpha value is -0.860. The predicted molar refractivity (Wildman–Crippen MR) is 71.5 cm³/mol. The summed E-state index contributed by atoms with van der Waals surface area (Å²) in [4.78, 5) is 21.9. The molecule has 3 heteroatoms. The number of carbonyl (C=O) groups is 2. The lowest BCUT2D eigenvalue weighted by atomic mass is 9.88. The monoisotopic (exact) mass is 254 g/mol. The Bertz CT molecular complexity index is 273. The number of carboxylic acids is 1. The molecule has 3 nitrogen and oxygen atoms in total. The Kier molecular flexibility index (Phi) is 6.99. The van der Waals surface area contributed by atoms with E-state index in [1.54, 1.807) is 0 Å². The quantitative estimate of drug-likeness (QED) is 0.637. The van der Waals surface area contributed by atoms with Crippen LogP contribution in [0.4, 0.5) is 0 Å². The number of Topliss-reactive ketones (excluding diaryl/α,β-unsaturated/α-hetero) is 1. The van der Waals surface area contributed by atoms with Crippen LogP contribution in [-0.2, 0) is 9.59 Å². The number of hydrogen-bond acceptors (Lipinski definition) is 2. The van der Waals surface area contributed by atoms with E-state index < -0.39 is 5.97 Å². The molecule has 0 radical (unpaired) electrons. The van der Waals surface area contributed by atoms with Gasteiger partial charge in [-0.15, -0.1) is 0 Å². The molecule has 0 aromatic heterocycles. The number of hydrogen-bond donors (Lipinski definition) is 1. The minimum atomic E-state index is -0.690. The molecule has 104 valence electrons. The van der Waals surface area contributed by atoms with Crippen molar-refractivity contribution < 1.29 is 14.7 Å². The first-order valence-electron chi connectivity index (χ1n) is 7.39. The fourth-order valence-corrected chi connectivity index (χ4v) is 3.10. The molecule has 1 aliphatic carbocycles. The maximum atomic E-state index is 11.6. The minimum Gasteiger partial charge on any atom is -0.481 e. The fraction of sp³-hybridized carbons (Fsp3) is 0.867. The summed E-state index contributed by atoms with van der Waals surface area (Å²) in [5.74, 6) is 0.743. The molecule has 2 atom stereocenters. The highest BCUT2D eigenvalue weighted by atomic mass is 16.4. The van der Waals surface area contributed by atoms with Crippen LogP contribution in [0.15, 0.2) is 0 Å². The highest BCUT2D eigenvalue weighted by molar-refractivity contribution is 5.83. The van der Waals surface area contributed by atoms with Crippen molar-refractivity contribution in [1.29, 1.82) is 0 Å². The van der Waals surface area contributed by atoms with Crippen LogP contribution < -0.4 is 0 Å². The number of carboxylic acid groups (broad SMARTS) is 1. The first kappa shape index (κ1) is 15.2. The molecule has 0 aliphatic heterocycles. The molecule has 1 N–H and O–H groups in total. The van der Waals surface area contributed by atoms with E-state index in [1.807, 2.05) is 0 Å². The third kappa shape index (κ3) is 5.19. The van der Waals surface area contributed by atoms with Gasteiger partial charge in [-0.25, -0.2) is 0 Å². The number of carbonyl (C=O) groups excluding carboxylic acids is 1. The van der Waals surface area contributed by atoms with Gasteiger partial charge in [0.1, 0.15) is 5.78 Å². The van der Waals surface area contributed by atoms with Crippen molar-refractivity contribution in [2.75, 3.05) is 0 Å². The second kappa shape index (κ2) is 8.28. The predicted octanol–water partition coefficient (Wildman–Crippen LogP) is 3.81. The van der Waals surface area contributed by atoms with Crippen LogP contribution in [0.25, 0.3) is 0 Å². The number of aliphatic carboxylic acids is 1. The second-order valence-corrected chi connectivity index (χ2v) is 5.48. The fourth-order valence-electron chi connectivity index (χ4n) is 3.10. The molecular weight excluding hydrogens is 228 g/mol. The standard InChI is InChI=1S/C15H26O3/c1-2-13-12(10-11-14(13)16)8-6-4-3-5-7-9-15(17)18/h12-13H,2-11H2,1H3,(H,17,18)/t12-,13-/m1/s1. The van der Waals surface area contributed by atoms with Gasteiger partial charge < -0.3 is 5.11 Å². The second-order valence-electron chi connectivity index (χ2n) is 5.48. The highest BCUT2D eigenvalue weighted by Gasteiger charge is 2.32. The van der Waals surface area contributed by atoms with Gasteiger partial charge in [0.2, 0.25) is 0 Å². The van der Waals surface area contributed by atoms with Crippen LogP contribution in [0.1, 0.15) is 71.1 Å². The zero-order valence-electron chi connectivity index (χ0n) is 11.5. The van der Waals surface area contributed by atoms with Crippen LogP contribution in [-0.4, -0.2) is 16.9 Å². The first-order chi connectivity index (χ1) is 8.65. The van der Waals surface area contributed by atoms with Crippen LogP contribution >= 0.6 is 0 Å². The lowest BCUT2D eigenvalue weighted by Gasteiger charge is -2.16. The molecule has 0 amide bonds. The topological polar surface area (TPSA) is 54.4 Å². The van der Waals surface area contributed by atoms with E-state index in [0.29, 0.717) is 24.0 Å². The lowest BCUT2D eigenvalue weighted by Crippen LogP contribution is -2.13. The maximum Gasteiger partial charge on any atom is 0.303 e. The van der Waals surface area contributed by atoms with Crippen LogP contribution in [0.3, 0.4) is 0 Å². The van der Waals surface area contributed by atoms with Crippen molar-refractivity contribution >= 4 is 11.8 Å². The molecule has 0 spiro atoms. The van der Waals surface area contributed by atoms with E-state index in [2.05, 4.69) is 6.92 Å². The summed E-state index contributed by atoms with van der Waals surface area (Å²) in [5.41, 5.74) is 0. The Morgan fingerprint density at radius 3 is 2.56 bits per heavy atom. The third-order valence-electron chi connectivity index (χ3n) is 4.15. The van der Waals surface area contributed by atoms with Gasteiger partial charge in [0, 0.05) is 18.8 Å². The van der Waals surface area contributed by atoms with Crippen molar-refractivity contribution in [3.05, 3.63) is 0 Å². The summed E-state index contributed by atoms with van der Waals surface area (Å²) in [6.07, 6.45) is 9.70. The van der Waals surface area contributed by atoms with Gasteiger partial charge in [0.05, 0.1) is 0 Å². The van der Waals surface area contributed by atoms with Crippen molar-refractivity contribution in [3.63, 3.8) is 0 Å². The molecule has 0 bridgehead atoms. The van der Waals surface area contributed by atoms with Crippen molar-refractivity contribution in [2.24, 2.45) is 11.8 Å². The molecule has 0 aromatic rings. The summed E-state index contributed by atoms with van der Waals surface area (Å²) in [6.45, 7) is 2.12. The summed E-state index contributed by atoms with van der Waals surface area (Å²) < 4.78 is 0. The van der Waals surface area contributed by atoms with Gasteiger partial charge in [-0.3, -0.25) is 9.59 Å². The lowest BCUT2D eigenvalue weighted by molar-refractivity contribution is -0.137. The molecule has 18 heavy (non-hydrogen) atoms. The molecule has 1 saturated carbocycles. The van der Waals surface area contributed by atoms with Gasteiger partial charge >= 0.3 is 5.97 Å². The molecule has 0 unspecified atom stereocenters. The average molecular weight is 254 g/mol. The van der Waals surface area contributed by atoms with E-state index in [-0.39, 0.29) is 0 Å². The Labute approximate surface area is 110 Å². The maximum absolute atomic E-state index is 11.6. The van der Waals surface area contributed by atoms with Gasteiger partial charge in [0.25, 0.3) is 0 Å². The Balaban J connectivity index is 2.01. The molecule has 1 fully saturated rings. The number of ketones is 1. The van der Waals surface area contributed by atoms with Crippen molar-refractivity contribution in [2.45, 2.75) is 71.1 Å². The largest absolute Gasteiger partial charge is 0.481 e. The van der Waals surface area contributed by atoms with E-state index in [9.17, 15) is 9.59 Å². The van der Waals surface area contributed by atoms with Gasteiger partial charge in [-0.05, 0) is 31.6 Å². The summed E-state index contributed by atoms with van der Waals surface area (Å²) >= 11 is 0. The molecule has 1 aliphatic rings. The first-order valence-corrected chi connectivity index (χ1v) is 7.39. The summed E-state index contributed by atoms with van der Waals surface area (Å²) in [7, 11) is 0. The minimum absolute atomic E-state index is 0.301. The van der Waals surface area contributed by atoms with Gasteiger partial charge in [-0.1, -0.05) is 32.6 Å². The van der Waals surface area contributed by atoms with E-state index >= 15 is 0 Å². The van der Waals surface area contributed by atoms with Crippen LogP contribution in [0.5, 0.6) is 0 Å². The normalized spacial score (nSPS) is 23.5. The average Bonchev–Trinajstić information content (AvgIpc) is 2.68. The summed E-state index contributed by atoms with van der Waals surface area (Å²) in [6, 6.07) is 0. The van der Waals surface area contributed by atoms with E-state index in [1.165, 1.54) is 19.3 Å². The van der Waals surface area contributed by atoms with Crippen LogP contribution in [0.2, 0.25) is 0 Å². The molecule has 0 heterocycles. The zero-order valence-corrected chi connectivity index (χ0v) is 11.5. The molecule has 1 rings (SSSR count). The highest BCUT2D eigenvalue weighted by Crippen LogP contribution is 2.34. The zero-order chi connectivity index (χ0) is 13.4. The van der Waals surface area contributed by atoms with Gasteiger partial charge in [0.15, 0.2) is 0 Å². The molecular formula is C15H26O3. The number of unbranched alkanes of at least 4 members (excludes halogenated alkanes) is 4. The SMILES string of the molecule is CC[C@H]1C(=O)CC[C@H]1CCCCCCCC(=O)O. The Morgan fingerprint density at radius 1 is 1.22 bits per heavy atom. The van der Waals surface area contributed by atoms with E-state index in [4.69, 9.17) is 5.11 Å². The van der Waals surface area contributed by atoms with Crippen LogP contribution in [0, 0.1) is 11.8 Å². The summed E-state index contributed by atoms with van der Waals surface area (Å²) in [5, 5.41) is 8.51. The van der Waals surface area contributed by atoms with E-state index in [0.717, 1.165) is 38.5 Å². The molecule has 0 saturated heterocycles. The van der Waals surface area contributed by atoms with Crippen molar-refractivity contribution in [1.82, 2.24) is 0 Å². The smallest absolute Gasteiger partial charge is 0.303 e. The van der Waals surface area contributed by atoms with Crippen molar-refractivity contribution in [3.8, 4) is 0 Å². The number of rotatable bonds is 9. The molecule has 0 aromatic carbocycles. The van der Waals surface area contributed by atoms with Gasteiger partial charge in [-0.2, -0.15) is 0 Å². The third-order valence-corrected chi connectivity index (χ3v) is 4.15.